The zero-order chi connectivity index (χ0) is 21.8. The molecule has 6 heteroatoms. The van der Waals surface area contributed by atoms with Crippen molar-refractivity contribution in [2.45, 2.75) is 33.4 Å². The molecule has 0 aromatic heterocycles. The molecule has 2 heterocycles. The number of piperidine rings is 1. The van der Waals surface area contributed by atoms with Crippen LogP contribution in [0.2, 0.25) is 0 Å². The number of carbonyl (C=O) groups is 1. The molecule has 2 aromatic carbocycles. The number of likely N-dealkylation sites (tertiary alicyclic amines) is 1. The lowest BCUT2D eigenvalue weighted by molar-refractivity contribution is 0.0949. The van der Waals surface area contributed by atoms with E-state index in [9.17, 15) is 4.79 Å². The van der Waals surface area contributed by atoms with Gasteiger partial charge in [0.15, 0.2) is 11.5 Å². The summed E-state index contributed by atoms with van der Waals surface area (Å²) in [5, 5.41) is 2.98. The molecule has 1 fully saturated rings. The van der Waals surface area contributed by atoms with Crippen LogP contribution in [0, 0.1) is 11.8 Å². The van der Waals surface area contributed by atoms with Crippen LogP contribution in [0.1, 0.15) is 41.8 Å². The van der Waals surface area contributed by atoms with Gasteiger partial charge in [0.2, 0.25) is 5.75 Å². The fraction of sp³-hybridized carbons (Fsp3) is 0.480. The highest BCUT2D eigenvalue weighted by atomic mass is 16.6. The summed E-state index contributed by atoms with van der Waals surface area (Å²) >= 11 is 0. The van der Waals surface area contributed by atoms with Gasteiger partial charge in [0.05, 0.1) is 7.11 Å². The summed E-state index contributed by atoms with van der Waals surface area (Å²) in [6.07, 6.45) is 1.32. The van der Waals surface area contributed by atoms with E-state index in [1.165, 1.54) is 25.1 Å². The van der Waals surface area contributed by atoms with Crippen molar-refractivity contribution in [1.82, 2.24) is 10.2 Å². The van der Waals surface area contributed by atoms with E-state index in [-0.39, 0.29) is 5.91 Å². The number of methoxy groups -OCH3 is 1. The molecule has 1 saturated heterocycles. The van der Waals surface area contributed by atoms with E-state index in [4.69, 9.17) is 14.2 Å². The van der Waals surface area contributed by atoms with Crippen LogP contribution in [-0.2, 0) is 13.1 Å². The van der Waals surface area contributed by atoms with Crippen LogP contribution in [0.5, 0.6) is 17.2 Å². The fourth-order valence-corrected chi connectivity index (χ4v) is 4.63. The van der Waals surface area contributed by atoms with Crippen molar-refractivity contribution in [1.29, 1.82) is 0 Å². The van der Waals surface area contributed by atoms with Gasteiger partial charge in [-0.05, 0) is 41.5 Å². The average molecular weight is 425 g/mol. The van der Waals surface area contributed by atoms with Crippen LogP contribution < -0.4 is 19.5 Å². The molecule has 2 unspecified atom stereocenters. The quantitative estimate of drug-likeness (QED) is 0.763. The Bertz CT molecular complexity index is 885. The smallest absolute Gasteiger partial charge is 0.251 e. The Morgan fingerprint density at radius 1 is 1.06 bits per heavy atom. The second-order valence-corrected chi connectivity index (χ2v) is 8.84. The van der Waals surface area contributed by atoms with E-state index in [1.807, 2.05) is 0 Å². The third-order valence-corrected chi connectivity index (χ3v) is 5.92. The standard InChI is InChI=1S/C25H32N2O4/c1-17-10-18(2)15-27(14-17)16-20-6-4-19(5-7-20)13-26-25(28)21-11-22(29-3)24-23(12-21)30-8-9-31-24/h4-7,11-12,17-18H,8-10,13-16H2,1-3H3,(H,26,28). The maximum atomic E-state index is 12.7. The van der Waals surface area contributed by atoms with Gasteiger partial charge in [-0.3, -0.25) is 9.69 Å². The Morgan fingerprint density at radius 3 is 2.45 bits per heavy atom. The first-order chi connectivity index (χ1) is 15.0. The Morgan fingerprint density at radius 2 is 1.74 bits per heavy atom. The monoisotopic (exact) mass is 424 g/mol. The van der Waals surface area contributed by atoms with Gasteiger partial charge in [-0.2, -0.15) is 0 Å². The zero-order valence-corrected chi connectivity index (χ0v) is 18.6. The lowest BCUT2D eigenvalue weighted by atomic mass is 9.91. The molecule has 0 bridgehead atoms. The van der Waals surface area contributed by atoms with E-state index in [0.717, 1.165) is 23.9 Å². The molecule has 6 nitrogen and oxygen atoms in total. The molecule has 166 valence electrons. The van der Waals surface area contributed by atoms with E-state index in [1.54, 1.807) is 19.2 Å². The van der Waals surface area contributed by atoms with Crippen LogP contribution in [0.3, 0.4) is 0 Å². The molecule has 2 aromatic rings. The van der Waals surface area contributed by atoms with Crippen LogP contribution in [-0.4, -0.2) is 44.2 Å². The minimum atomic E-state index is -0.171. The number of nitrogens with zero attached hydrogens (tertiary/aromatic N) is 1. The molecule has 4 rings (SSSR count). The van der Waals surface area contributed by atoms with Crippen molar-refractivity contribution >= 4 is 5.91 Å². The highest BCUT2D eigenvalue weighted by molar-refractivity contribution is 5.95. The first kappa shape index (κ1) is 21.5. The number of carbonyl (C=O) groups excluding carboxylic acids is 1. The van der Waals surface area contributed by atoms with Crippen molar-refractivity contribution < 1.29 is 19.0 Å². The molecule has 0 radical (unpaired) electrons. The number of benzene rings is 2. The lowest BCUT2D eigenvalue weighted by Gasteiger charge is -2.35. The molecule has 0 aliphatic carbocycles. The van der Waals surface area contributed by atoms with E-state index in [2.05, 4.69) is 48.3 Å². The van der Waals surface area contributed by atoms with Crippen molar-refractivity contribution in [3.8, 4) is 17.2 Å². The number of ether oxygens (including phenoxy) is 3. The van der Waals surface area contributed by atoms with Gasteiger partial charge >= 0.3 is 0 Å². The Balaban J connectivity index is 1.34. The van der Waals surface area contributed by atoms with E-state index < -0.39 is 0 Å². The second-order valence-electron chi connectivity index (χ2n) is 8.84. The van der Waals surface area contributed by atoms with Crippen molar-refractivity contribution in [2.75, 3.05) is 33.4 Å². The molecule has 0 spiro atoms. The van der Waals surface area contributed by atoms with Gasteiger partial charge in [-0.1, -0.05) is 38.1 Å². The molecule has 2 aliphatic rings. The van der Waals surface area contributed by atoms with Gasteiger partial charge < -0.3 is 19.5 Å². The largest absolute Gasteiger partial charge is 0.493 e. The minimum Gasteiger partial charge on any atom is -0.493 e. The van der Waals surface area contributed by atoms with Gasteiger partial charge in [0.1, 0.15) is 13.2 Å². The zero-order valence-electron chi connectivity index (χ0n) is 18.6. The van der Waals surface area contributed by atoms with Gasteiger partial charge in [-0.15, -0.1) is 0 Å². The van der Waals surface area contributed by atoms with E-state index >= 15 is 0 Å². The van der Waals surface area contributed by atoms with Crippen LogP contribution in [0.15, 0.2) is 36.4 Å². The number of fused-ring (bicyclic) bond motifs is 1. The molecule has 1 N–H and O–H groups in total. The maximum absolute atomic E-state index is 12.7. The number of hydrogen-bond donors (Lipinski definition) is 1. The number of nitrogens with one attached hydrogen (secondary N) is 1. The molecule has 1 amide bonds. The third kappa shape index (κ3) is 5.31. The summed E-state index contributed by atoms with van der Waals surface area (Å²) in [6, 6.07) is 11.9. The lowest BCUT2D eigenvalue weighted by Crippen LogP contribution is -2.38. The van der Waals surface area contributed by atoms with Gasteiger partial charge in [0.25, 0.3) is 5.91 Å². The van der Waals surface area contributed by atoms with Crippen molar-refractivity contribution in [3.05, 3.63) is 53.1 Å². The molecular weight excluding hydrogens is 392 g/mol. The number of rotatable bonds is 6. The molecule has 0 saturated carbocycles. The summed E-state index contributed by atoms with van der Waals surface area (Å²) in [7, 11) is 1.56. The van der Waals surface area contributed by atoms with Crippen LogP contribution >= 0.6 is 0 Å². The summed E-state index contributed by atoms with van der Waals surface area (Å²) in [5.74, 6) is 2.96. The summed E-state index contributed by atoms with van der Waals surface area (Å²) in [5.41, 5.74) is 2.88. The molecular formula is C25H32N2O4. The SMILES string of the molecule is COc1cc(C(=O)NCc2ccc(CN3CC(C)CC(C)C3)cc2)cc2c1OCCO2. The van der Waals surface area contributed by atoms with Crippen LogP contribution in [0.25, 0.3) is 0 Å². The maximum Gasteiger partial charge on any atom is 0.251 e. The van der Waals surface area contributed by atoms with Crippen LogP contribution in [0.4, 0.5) is 0 Å². The Labute approximate surface area is 184 Å². The number of amides is 1. The summed E-state index contributed by atoms with van der Waals surface area (Å²) < 4.78 is 16.6. The molecule has 2 atom stereocenters. The highest BCUT2D eigenvalue weighted by Crippen LogP contribution is 2.40. The Kier molecular flexibility index (Phi) is 6.66. The molecule has 2 aliphatic heterocycles. The fourth-order valence-electron chi connectivity index (χ4n) is 4.63. The Hall–Kier alpha value is -2.73. The topological polar surface area (TPSA) is 60.0 Å². The molecule has 31 heavy (non-hydrogen) atoms. The predicted molar refractivity (Wildman–Crippen MR) is 120 cm³/mol. The third-order valence-electron chi connectivity index (χ3n) is 5.92. The summed E-state index contributed by atoms with van der Waals surface area (Å²) in [6.45, 7) is 9.40. The first-order valence-corrected chi connectivity index (χ1v) is 11.1. The van der Waals surface area contributed by atoms with E-state index in [0.29, 0.717) is 42.6 Å². The summed E-state index contributed by atoms with van der Waals surface area (Å²) in [4.78, 5) is 15.2. The number of hydrogen-bond acceptors (Lipinski definition) is 5. The highest BCUT2D eigenvalue weighted by Gasteiger charge is 2.22. The van der Waals surface area contributed by atoms with Crippen molar-refractivity contribution in [2.24, 2.45) is 11.8 Å². The average Bonchev–Trinajstić information content (AvgIpc) is 2.77. The second kappa shape index (κ2) is 9.60. The van der Waals surface area contributed by atoms with Gasteiger partial charge in [-0.25, -0.2) is 0 Å². The predicted octanol–water partition coefficient (Wildman–Crippen LogP) is 3.87. The minimum absolute atomic E-state index is 0.171. The first-order valence-electron chi connectivity index (χ1n) is 11.1. The van der Waals surface area contributed by atoms with Gasteiger partial charge in [0, 0.05) is 31.7 Å². The van der Waals surface area contributed by atoms with Crippen molar-refractivity contribution in [3.63, 3.8) is 0 Å². The normalized spacial score (nSPS) is 20.9.